The predicted octanol–water partition coefficient (Wildman–Crippen LogP) is 3.40. The van der Waals surface area contributed by atoms with Gasteiger partial charge in [-0.05, 0) is 37.5 Å². The highest BCUT2D eigenvalue weighted by molar-refractivity contribution is 6.31. The van der Waals surface area contributed by atoms with Crippen LogP contribution in [0.4, 0.5) is 0 Å². The topological polar surface area (TPSA) is 64.4 Å². The first-order chi connectivity index (χ1) is 10.1. The van der Waals surface area contributed by atoms with E-state index < -0.39 is 12.1 Å². The highest BCUT2D eigenvalue weighted by Crippen LogP contribution is 2.34. The van der Waals surface area contributed by atoms with Gasteiger partial charge in [-0.2, -0.15) is 0 Å². The number of carboxylic acids is 1. The quantitative estimate of drug-likeness (QED) is 0.940. The number of aryl methyl sites for hydroxylation is 1. The van der Waals surface area contributed by atoms with Crippen molar-refractivity contribution in [2.75, 3.05) is 0 Å². The Morgan fingerprint density at radius 2 is 2.33 bits per heavy atom. The molecule has 5 nitrogen and oxygen atoms in total. The number of ether oxygens (including phenoxy) is 1. The van der Waals surface area contributed by atoms with Gasteiger partial charge in [-0.15, -0.1) is 0 Å². The Labute approximate surface area is 127 Å². The Morgan fingerprint density at radius 3 is 3.00 bits per heavy atom. The minimum atomic E-state index is -0.904. The van der Waals surface area contributed by atoms with Crippen molar-refractivity contribution in [2.45, 2.75) is 44.9 Å². The minimum absolute atomic E-state index is 0.260. The molecule has 0 bridgehead atoms. The van der Waals surface area contributed by atoms with Gasteiger partial charge >= 0.3 is 5.97 Å². The number of fused-ring (bicyclic) bond motifs is 1. The first kappa shape index (κ1) is 14.4. The molecular formula is C15H17ClN2O3. The zero-order chi connectivity index (χ0) is 15.0. The molecule has 0 amide bonds. The van der Waals surface area contributed by atoms with Crippen LogP contribution in [0.1, 0.15) is 38.1 Å². The molecule has 3 rings (SSSR count). The molecule has 1 N–H and O–H groups in total. The standard InChI is InChI=1S/C15H17ClN2O3/c1-2-7-18-11-8-9(16)3-4-10(11)17-14(18)12-5-6-13(21-12)15(19)20/h3-4,8,12-13H,2,5-7H2,1H3,(H,19,20). The SMILES string of the molecule is CCCn1c(C2CCC(C(=O)O)O2)nc2ccc(Cl)cc21. The van der Waals surface area contributed by atoms with Gasteiger partial charge in [0.2, 0.25) is 0 Å². The van der Waals surface area contributed by atoms with Crippen molar-refractivity contribution < 1.29 is 14.6 Å². The van der Waals surface area contributed by atoms with E-state index in [1.165, 1.54) is 0 Å². The first-order valence-corrected chi connectivity index (χ1v) is 7.52. The molecule has 2 heterocycles. The van der Waals surface area contributed by atoms with Gasteiger partial charge in [0.05, 0.1) is 11.0 Å². The van der Waals surface area contributed by atoms with Crippen molar-refractivity contribution in [1.82, 2.24) is 9.55 Å². The molecule has 0 radical (unpaired) electrons. The Hall–Kier alpha value is -1.59. The summed E-state index contributed by atoms with van der Waals surface area (Å²) in [5.74, 6) is -0.100. The molecular weight excluding hydrogens is 292 g/mol. The first-order valence-electron chi connectivity index (χ1n) is 7.14. The van der Waals surface area contributed by atoms with Crippen LogP contribution < -0.4 is 0 Å². The van der Waals surface area contributed by atoms with Crippen LogP contribution >= 0.6 is 11.6 Å². The third-order valence-corrected chi connectivity index (χ3v) is 4.01. The summed E-state index contributed by atoms with van der Waals surface area (Å²) in [6, 6.07) is 5.59. The van der Waals surface area contributed by atoms with Crippen LogP contribution in [0.2, 0.25) is 5.02 Å². The third kappa shape index (κ3) is 2.63. The summed E-state index contributed by atoms with van der Waals surface area (Å²) in [6.45, 7) is 2.90. The van der Waals surface area contributed by atoms with Gasteiger partial charge in [-0.3, -0.25) is 0 Å². The van der Waals surface area contributed by atoms with Gasteiger partial charge in [0.25, 0.3) is 0 Å². The zero-order valence-electron chi connectivity index (χ0n) is 11.8. The maximum absolute atomic E-state index is 11.0. The number of nitrogens with zero attached hydrogens (tertiary/aromatic N) is 2. The summed E-state index contributed by atoms with van der Waals surface area (Å²) in [5.41, 5.74) is 1.84. The number of carboxylic acid groups (broad SMARTS) is 1. The molecule has 112 valence electrons. The molecule has 1 fully saturated rings. The van der Waals surface area contributed by atoms with E-state index in [1.54, 1.807) is 0 Å². The normalized spacial score (nSPS) is 22.0. The van der Waals surface area contributed by atoms with Gasteiger partial charge in [0, 0.05) is 11.6 Å². The van der Waals surface area contributed by atoms with Crippen molar-refractivity contribution >= 4 is 28.6 Å². The second-order valence-corrected chi connectivity index (χ2v) is 5.72. The van der Waals surface area contributed by atoms with Gasteiger partial charge in [0.1, 0.15) is 11.9 Å². The van der Waals surface area contributed by atoms with Crippen LogP contribution in [-0.2, 0) is 16.1 Å². The van der Waals surface area contributed by atoms with Crippen molar-refractivity contribution in [2.24, 2.45) is 0 Å². The maximum Gasteiger partial charge on any atom is 0.332 e. The second-order valence-electron chi connectivity index (χ2n) is 5.28. The lowest BCUT2D eigenvalue weighted by atomic mass is 10.2. The molecule has 0 aliphatic carbocycles. The number of carbonyl (C=O) groups is 1. The van der Waals surface area contributed by atoms with Crippen molar-refractivity contribution in [3.05, 3.63) is 29.0 Å². The summed E-state index contributed by atoms with van der Waals surface area (Å²) in [7, 11) is 0. The molecule has 2 unspecified atom stereocenters. The van der Waals surface area contributed by atoms with Crippen LogP contribution in [-0.4, -0.2) is 26.7 Å². The Kier molecular flexibility index (Phi) is 3.87. The molecule has 1 aliphatic heterocycles. The molecule has 21 heavy (non-hydrogen) atoms. The maximum atomic E-state index is 11.0. The van der Waals surface area contributed by atoms with Crippen LogP contribution in [0.15, 0.2) is 18.2 Å². The van der Waals surface area contributed by atoms with E-state index in [0.29, 0.717) is 17.9 Å². The Morgan fingerprint density at radius 1 is 1.52 bits per heavy atom. The summed E-state index contributed by atoms with van der Waals surface area (Å²) in [6.07, 6.45) is 1.17. The van der Waals surface area contributed by atoms with Gasteiger partial charge in [-0.1, -0.05) is 18.5 Å². The van der Waals surface area contributed by atoms with Crippen LogP contribution in [0.5, 0.6) is 0 Å². The number of aromatic nitrogens is 2. The minimum Gasteiger partial charge on any atom is -0.479 e. The van der Waals surface area contributed by atoms with E-state index in [9.17, 15) is 4.79 Å². The number of benzene rings is 1. The Bertz CT molecular complexity index is 683. The van der Waals surface area contributed by atoms with Crippen molar-refractivity contribution in [3.63, 3.8) is 0 Å². The number of rotatable bonds is 4. The lowest BCUT2D eigenvalue weighted by molar-refractivity contribution is -0.149. The lowest BCUT2D eigenvalue weighted by Gasteiger charge is -2.13. The molecule has 1 aliphatic rings. The predicted molar refractivity (Wildman–Crippen MR) is 79.5 cm³/mol. The number of imidazole rings is 1. The molecule has 0 saturated carbocycles. The van der Waals surface area contributed by atoms with Crippen molar-refractivity contribution in [1.29, 1.82) is 0 Å². The van der Waals surface area contributed by atoms with E-state index in [2.05, 4.69) is 16.5 Å². The fourth-order valence-corrected chi connectivity index (χ4v) is 2.99. The summed E-state index contributed by atoms with van der Waals surface area (Å²) in [4.78, 5) is 15.7. The summed E-state index contributed by atoms with van der Waals surface area (Å²) < 4.78 is 7.73. The Balaban J connectivity index is 2.01. The molecule has 2 aromatic rings. The van der Waals surface area contributed by atoms with Crippen LogP contribution in [0.3, 0.4) is 0 Å². The van der Waals surface area contributed by atoms with E-state index in [-0.39, 0.29) is 6.10 Å². The second kappa shape index (κ2) is 5.66. The van der Waals surface area contributed by atoms with E-state index in [0.717, 1.165) is 29.8 Å². The highest BCUT2D eigenvalue weighted by atomic mass is 35.5. The third-order valence-electron chi connectivity index (χ3n) is 3.77. The van der Waals surface area contributed by atoms with E-state index in [1.807, 2.05) is 18.2 Å². The molecule has 6 heteroatoms. The van der Waals surface area contributed by atoms with Crippen LogP contribution in [0.25, 0.3) is 11.0 Å². The molecule has 0 spiro atoms. The number of hydrogen-bond acceptors (Lipinski definition) is 3. The summed E-state index contributed by atoms with van der Waals surface area (Å²) >= 11 is 6.07. The zero-order valence-corrected chi connectivity index (χ0v) is 12.5. The van der Waals surface area contributed by atoms with Gasteiger partial charge in [-0.25, -0.2) is 9.78 Å². The molecule has 1 aromatic carbocycles. The fraction of sp³-hybridized carbons (Fsp3) is 0.467. The largest absolute Gasteiger partial charge is 0.479 e. The van der Waals surface area contributed by atoms with Gasteiger partial charge < -0.3 is 14.4 Å². The number of hydrogen-bond donors (Lipinski definition) is 1. The molecule has 1 aromatic heterocycles. The fourth-order valence-electron chi connectivity index (χ4n) is 2.83. The van der Waals surface area contributed by atoms with Gasteiger partial charge in [0.15, 0.2) is 6.10 Å². The number of aliphatic carboxylic acids is 1. The van der Waals surface area contributed by atoms with E-state index >= 15 is 0 Å². The molecule has 2 atom stereocenters. The van der Waals surface area contributed by atoms with E-state index in [4.69, 9.17) is 21.4 Å². The van der Waals surface area contributed by atoms with Crippen molar-refractivity contribution in [3.8, 4) is 0 Å². The average molecular weight is 309 g/mol. The molecule has 1 saturated heterocycles. The van der Waals surface area contributed by atoms with Crippen LogP contribution in [0, 0.1) is 0 Å². The smallest absolute Gasteiger partial charge is 0.332 e. The average Bonchev–Trinajstić information content (AvgIpc) is 3.04. The monoisotopic (exact) mass is 308 g/mol. The highest BCUT2D eigenvalue weighted by Gasteiger charge is 2.34. The number of halogens is 1. The summed E-state index contributed by atoms with van der Waals surface area (Å²) in [5, 5.41) is 9.73. The lowest BCUT2D eigenvalue weighted by Crippen LogP contribution is -2.19.